The molecule has 0 aliphatic rings. The quantitative estimate of drug-likeness (QED) is 0.207. The van der Waals surface area contributed by atoms with Crippen molar-refractivity contribution in [3.8, 4) is 0 Å². The fourth-order valence-electron chi connectivity index (χ4n) is 1.62. The minimum atomic E-state index is -9.10. The molecule has 0 heterocycles. The van der Waals surface area contributed by atoms with Crippen LogP contribution in [0.3, 0.4) is 0 Å². The molecule has 0 atom stereocenters. The molecule has 0 bridgehead atoms. The summed E-state index contributed by atoms with van der Waals surface area (Å²) >= 11 is 0. The first-order valence-corrected chi connectivity index (χ1v) is 6.91. The topological polar surface area (TPSA) is 0 Å². The van der Waals surface area contributed by atoms with Crippen LogP contribution in [0.1, 0.15) is 0 Å². The molecule has 0 aromatic rings. The van der Waals surface area contributed by atoms with Gasteiger partial charge in [-0.05, 0) is 0 Å². The molecule has 0 aromatic carbocycles. The van der Waals surface area contributed by atoms with Gasteiger partial charge in [-0.3, -0.25) is 0 Å². The number of halogens is 22. The van der Waals surface area contributed by atoms with Gasteiger partial charge < -0.3 is 0 Å². The van der Waals surface area contributed by atoms with Gasteiger partial charge in [-0.2, -0.15) is 87.8 Å². The van der Waals surface area contributed by atoms with Crippen molar-refractivity contribution in [2.45, 2.75) is 47.6 Å². The van der Waals surface area contributed by atoms with Crippen LogP contribution in [-0.4, -0.2) is 47.6 Å². The van der Waals surface area contributed by atoms with E-state index >= 15 is 0 Å². The van der Waals surface area contributed by atoms with Crippen molar-refractivity contribution in [3.05, 3.63) is 23.6 Å². The summed E-state index contributed by atoms with van der Waals surface area (Å²) in [6.07, 6.45) is -12.2. The molecule has 22 heteroatoms. The molecule has 34 heavy (non-hydrogen) atoms. The second-order valence-electron chi connectivity index (χ2n) is 5.72. The van der Waals surface area contributed by atoms with Gasteiger partial charge in [0, 0.05) is 0 Å². The largest absolute Gasteiger partial charge is 0.460 e. The third-order valence-corrected chi connectivity index (χ3v) is 3.55. The van der Waals surface area contributed by atoms with E-state index in [1.807, 2.05) is 0 Å². The lowest BCUT2D eigenvalue weighted by Gasteiger charge is -2.42. The van der Waals surface area contributed by atoms with E-state index in [1.54, 1.807) is 0 Å². The van der Waals surface area contributed by atoms with Crippen LogP contribution in [0.2, 0.25) is 0 Å². The Kier molecular flexibility index (Phi) is 7.76. The highest BCUT2D eigenvalue weighted by molar-refractivity contribution is 5.29. The maximum atomic E-state index is 13.3. The minimum absolute atomic E-state index is 4.18. The van der Waals surface area contributed by atoms with E-state index < -0.39 is 71.2 Å². The van der Waals surface area contributed by atoms with Crippen molar-refractivity contribution in [1.29, 1.82) is 0 Å². The summed E-state index contributed by atoms with van der Waals surface area (Å²) in [5.41, 5.74) is 0. The van der Waals surface area contributed by atoms with Crippen molar-refractivity contribution >= 4 is 0 Å². The van der Waals surface area contributed by atoms with Crippen LogP contribution < -0.4 is 0 Å². The Balaban J connectivity index is 7.08. The molecule has 0 N–H and O–H groups in total. The Morgan fingerprint density at radius 3 is 0.853 bits per heavy atom. The number of allylic oxidation sites excluding steroid dienone is 3. The number of alkyl halides is 17. The fraction of sp³-hybridized carbons (Fsp3) is 0.667. The van der Waals surface area contributed by atoms with Crippen LogP contribution in [0, 0.1) is 0 Å². The van der Waals surface area contributed by atoms with E-state index in [-0.39, 0.29) is 0 Å². The molecule has 0 rings (SSSR count). The summed E-state index contributed by atoms with van der Waals surface area (Å²) in [6, 6.07) is 0. The van der Waals surface area contributed by atoms with Crippen LogP contribution in [0.5, 0.6) is 0 Å². The predicted molar refractivity (Wildman–Crippen MR) is 60.3 cm³/mol. The van der Waals surface area contributed by atoms with Crippen LogP contribution in [0.15, 0.2) is 23.6 Å². The summed E-state index contributed by atoms with van der Waals surface area (Å²) in [5, 5.41) is 0. The van der Waals surface area contributed by atoms with Crippen LogP contribution in [0.4, 0.5) is 96.6 Å². The number of hydrogen-bond donors (Lipinski definition) is 0. The number of rotatable bonds is 8. The average Bonchev–Trinajstić information content (AvgIpc) is 2.63. The van der Waals surface area contributed by atoms with Gasteiger partial charge in [0.2, 0.25) is 17.5 Å². The Labute approximate surface area is 169 Å². The van der Waals surface area contributed by atoms with Crippen molar-refractivity contribution in [1.82, 2.24) is 0 Å². The van der Waals surface area contributed by atoms with Crippen LogP contribution in [-0.2, 0) is 0 Å². The van der Waals surface area contributed by atoms with E-state index in [0.29, 0.717) is 0 Å². The van der Waals surface area contributed by atoms with E-state index in [0.717, 1.165) is 0 Å². The van der Waals surface area contributed by atoms with E-state index in [1.165, 1.54) is 0 Å². The molecular weight excluding hydrogens is 562 g/mol. The van der Waals surface area contributed by atoms with E-state index in [2.05, 4.69) is 0 Å². The smallest absolute Gasteiger partial charge is 0.201 e. The van der Waals surface area contributed by atoms with Crippen LogP contribution in [0.25, 0.3) is 0 Å². The summed E-state index contributed by atoms with van der Waals surface area (Å²) in [5.74, 6) is -75.1. The van der Waals surface area contributed by atoms with Crippen molar-refractivity contribution in [3.63, 3.8) is 0 Å². The summed E-state index contributed by atoms with van der Waals surface area (Å²) in [6.45, 7) is 0. The highest BCUT2D eigenvalue weighted by Crippen LogP contribution is 2.64. The first kappa shape index (κ1) is 31.9. The van der Waals surface area contributed by atoms with Gasteiger partial charge in [-0.25, -0.2) is 8.78 Å². The standard InChI is InChI=1S/C12F22/c13-1(2(14)4(16)17)3(15)5(18,19)6(20,21)7(22,23)8(24,25)9(26,27)10(28,29)11(30,31)12(32,33)34. The average molecular weight is 562 g/mol. The van der Waals surface area contributed by atoms with Crippen LogP contribution >= 0.6 is 0 Å². The Hall–Kier alpha value is -2.06. The molecular formula is C12F22. The van der Waals surface area contributed by atoms with Crippen molar-refractivity contribution in [2.75, 3.05) is 0 Å². The van der Waals surface area contributed by atoms with Gasteiger partial charge in [-0.1, -0.05) is 0 Å². The second-order valence-corrected chi connectivity index (χ2v) is 5.72. The highest BCUT2D eigenvalue weighted by atomic mass is 19.4. The molecule has 0 radical (unpaired) electrons. The van der Waals surface area contributed by atoms with Crippen molar-refractivity contribution < 1.29 is 96.6 Å². The van der Waals surface area contributed by atoms with E-state index in [4.69, 9.17) is 0 Å². The van der Waals surface area contributed by atoms with Gasteiger partial charge in [0.05, 0.1) is 0 Å². The molecule has 0 fully saturated rings. The monoisotopic (exact) mass is 562 g/mol. The molecule has 0 amide bonds. The molecule has 0 saturated heterocycles. The molecule has 0 unspecified atom stereocenters. The molecule has 0 aromatic heterocycles. The van der Waals surface area contributed by atoms with Gasteiger partial charge in [0.1, 0.15) is 0 Å². The molecule has 0 aliphatic heterocycles. The Morgan fingerprint density at radius 1 is 0.324 bits per heavy atom. The van der Waals surface area contributed by atoms with Gasteiger partial charge in [-0.15, -0.1) is 0 Å². The SMILES string of the molecule is FC(F)=C(F)C(F)=C(F)C(F)(F)C(F)(F)C(F)(F)C(F)(F)C(F)(F)C(F)(F)C(F)(F)C(F)(F)F. The first-order chi connectivity index (χ1) is 14.4. The predicted octanol–water partition coefficient (Wildman–Crippen LogP) is 8.22. The lowest BCUT2D eigenvalue weighted by atomic mass is 9.88. The summed E-state index contributed by atoms with van der Waals surface area (Å²) in [7, 11) is 0. The van der Waals surface area contributed by atoms with Crippen molar-refractivity contribution in [2.24, 2.45) is 0 Å². The maximum absolute atomic E-state index is 13.3. The molecule has 0 aliphatic carbocycles. The van der Waals surface area contributed by atoms with Gasteiger partial charge >= 0.3 is 53.7 Å². The Morgan fingerprint density at radius 2 is 0.588 bits per heavy atom. The minimum Gasteiger partial charge on any atom is -0.201 e. The number of hydrogen-bond acceptors (Lipinski definition) is 0. The zero-order valence-electron chi connectivity index (χ0n) is 14.3. The summed E-state index contributed by atoms with van der Waals surface area (Å²) in [4.78, 5) is 0. The highest BCUT2D eigenvalue weighted by Gasteiger charge is 2.95. The molecule has 0 nitrogen and oxygen atoms in total. The zero-order valence-corrected chi connectivity index (χ0v) is 14.3. The van der Waals surface area contributed by atoms with Gasteiger partial charge in [0.25, 0.3) is 0 Å². The molecule has 202 valence electrons. The summed E-state index contributed by atoms with van der Waals surface area (Å²) < 4.78 is 280. The molecule has 0 spiro atoms. The Bertz CT molecular complexity index is 832. The normalized spacial score (nSPS) is 16.4. The third kappa shape index (κ3) is 4.02. The molecule has 0 saturated carbocycles. The second kappa shape index (κ2) is 8.26. The lowest BCUT2D eigenvalue weighted by molar-refractivity contribution is -0.460. The fourth-order valence-corrected chi connectivity index (χ4v) is 1.62. The third-order valence-electron chi connectivity index (χ3n) is 3.55. The van der Waals surface area contributed by atoms with E-state index in [9.17, 15) is 96.6 Å². The maximum Gasteiger partial charge on any atom is 0.460 e. The first-order valence-electron chi connectivity index (χ1n) is 6.91. The zero-order chi connectivity index (χ0) is 28.3. The lowest BCUT2D eigenvalue weighted by Crippen LogP contribution is -2.74. The van der Waals surface area contributed by atoms with Gasteiger partial charge in [0.15, 0.2) is 0 Å².